The van der Waals surface area contributed by atoms with Crippen LogP contribution in [0.2, 0.25) is 0 Å². The standard InChI is InChI=1S/C14H20O6/c1-9-3-4-11(15)5-7-14(18)20-10(2)12(16)6-8-13(17)19-9/h5-12,15-16H,3-4H2,1-2H3/b7-5-,8-6+. The summed E-state index contributed by atoms with van der Waals surface area (Å²) in [6, 6.07) is 0. The van der Waals surface area contributed by atoms with Gasteiger partial charge in [-0.15, -0.1) is 0 Å². The maximum absolute atomic E-state index is 11.5. The van der Waals surface area contributed by atoms with E-state index in [-0.39, 0.29) is 6.10 Å². The molecule has 0 aliphatic carbocycles. The highest BCUT2D eigenvalue weighted by Gasteiger charge is 2.17. The number of aliphatic hydroxyl groups is 2. The van der Waals surface area contributed by atoms with Crippen molar-refractivity contribution in [3.05, 3.63) is 24.3 Å². The third-order valence-electron chi connectivity index (χ3n) is 2.85. The number of aliphatic hydroxyl groups excluding tert-OH is 2. The van der Waals surface area contributed by atoms with Crippen LogP contribution in [0.15, 0.2) is 24.3 Å². The van der Waals surface area contributed by atoms with Gasteiger partial charge in [0.05, 0.1) is 12.2 Å². The molecule has 1 rings (SSSR count). The van der Waals surface area contributed by atoms with Crippen LogP contribution in [0.5, 0.6) is 0 Å². The summed E-state index contributed by atoms with van der Waals surface area (Å²) in [5.41, 5.74) is 0. The highest BCUT2D eigenvalue weighted by molar-refractivity contribution is 5.83. The Morgan fingerprint density at radius 2 is 1.60 bits per heavy atom. The molecular weight excluding hydrogens is 264 g/mol. The van der Waals surface area contributed by atoms with E-state index in [4.69, 9.17) is 9.47 Å². The Hall–Kier alpha value is -1.66. The van der Waals surface area contributed by atoms with Gasteiger partial charge < -0.3 is 19.7 Å². The number of cyclic esters (lactones) is 2. The van der Waals surface area contributed by atoms with Crippen LogP contribution in [0.4, 0.5) is 0 Å². The fourth-order valence-electron chi connectivity index (χ4n) is 1.61. The lowest BCUT2D eigenvalue weighted by molar-refractivity contribution is -0.146. The summed E-state index contributed by atoms with van der Waals surface area (Å²) >= 11 is 0. The van der Waals surface area contributed by atoms with E-state index in [2.05, 4.69) is 0 Å². The smallest absolute Gasteiger partial charge is 0.330 e. The van der Waals surface area contributed by atoms with Crippen molar-refractivity contribution in [2.45, 2.75) is 51.1 Å². The minimum absolute atomic E-state index is 0.361. The summed E-state index contributed by atoms with van der Waals surface area (Å²) in [6.45, 7) is 3.21. The van der Waals surface area contributed by atoms with Crippen LogP contribution in [-0.2, 0) is 19.1 Å². The molecule has 1 aliphatic rings. The molecule has 1 aliphatic heterocycles. The van der Waals surface area contributed by atoms with E-state index in [1.807, 2.05) is 0 Å². The number of carbonyl (C=O) groups excluding carboxylic acids is 2. The van der Waals surface area contributed by atoms with Crippen LogP contribution in [0, 0.1) is 0 Å². The van der Waals surface area contributed by atoms with Gasteiger partial charge in [0.25, 0.3) is 0 Å². The van der Waals surface area contributed by atoms with Gasteiger partial charge in [-0.1, -0.05) is 0 Å². The number of carbonyl (C=O) groups is 2. The molecule has 20 heavy (non-hydrogen) atoms. The Morgan fingerprint density at radius 3 is 2.30 bits per heavy atom. The van der Waals surface area contributed by atoms with Gasteiger partial charge in [0.1, 0.15) is 12.2 Å². The Labute approximate surface area is 117 Å². The summed E-state index contributed by atoms with van der Waals surface area (Å²) in [7, 11) is 0. The van der Waals surface area contributed by atoms with Crippen LogP contribution < -0.4 is 0 Å². The minimum Gasteiger partial charge on any atom is -0.460 e. The summed E-state index contributed by atoms with van der Waals surface area (Å²) in [6.07, 6.45) is 2.48. The van der Waals surface area contributed by atoms with Crippen molar-refractivity contribution >= 4 is 11.9 Å². The molecule has 0 bridgehead atoms. The zero-order valence-corrected chi connectivity index (χ0v) is 11.6. The zero-order valence-electron chi connectivity index (χ0n) is 11.6. The molecule has 0 aromatic heterocycles. The molecule has 0 radical (unpaired) electrons. The highest BCUT2D eigenvalue weighted by Crippen LogP contribution is 2.09. The van der Waals surface area contributed by atoms with Crippen LogP contribution >= 0.6 is 0 Å². The Balaban J connectivity index is 2.79. The molecule has 0 saturated carbocycles. The summed E-state index contributed by atoms with van der Waals surface area (Å²) in [5.74, 6) is -1.24. The van der Waals surface area contributed by atoms with Crippen LogP contribution in [0.25, 0.3) is 0 Å². The molecule has 2 N–H and O–H groups in total. The van der Waals surface area contributed by atoms with E-state index in [0.29, 0.717) is 12.8 Å². The summed E-state index contributed by atoms with van der Waals surface area (Å²) in [4.78, 5) is 22.9. The van der Waals surface area contributed by atoms with Gasteiger partial charge in [-0.3, -0.25) is 0 Å². The molecule has 6 heteroatoms. The van der Waals surface area contributed by atoms with E-state index in [1.165, 1.54) is 19.1 Å². The monoisotopic (exact) mass is 284 g/mol. The topological polar surface area (TPSA) is 93.1 Å². The number of rotatable bonds is 0. The zero-order chi connectivity index (χ0) is 15.1. The number of hydrogen-bond donors (Lipinski definition) is 2. The van der Waals surface area contributed by atoms with Crippen molar-refractivity contribution in [2.24, 2.45) is 0 Å². The lowest BCUT2D eigenvalue weighted by Gasteiger charge is -2.17. The van der Waals surface area contributed by atoms with Gasteiger partial charge in [-0.05, 0) is 38.8 Å². The average Bonchev–Trinajstić information content (AvgIpc) is 2.39. The van der Waals surface area contributed by atoms with Crippen molar-refractivity contribution in [1.82, 2.24) is 0 Å². The predicted molar refractivity (Wildman–Crippen MR) is 70.6 cm³/mol. The summed E-state index contributed by atoms with van der Waals surface area (Å²) in [5, 5.41) is 19.3. The lowest BCUT2D eigenvalue weighted by atomic mass is 10.1. The molecule has 1 heterocycles. The van der Waals surface area contributed by atoms with E-state index in [0.717, 1.165) is 12.2 Å². The molecule has 112 valence electrons. The Morgan fingerprint density at radius 1 is 1.00 bits per heavy atom. The predicted octanol–water partition coefficient (Wildman–Crippen LogP) is 0.478. The van der Waals surface area contributed by atoms with Crippen molar-refractivity contribution in [3.63, 3.8) is 0 Å². The second-order valence-corrected chi connectivity index (χ2v) is 4.74. The Kier molecular flexibility index (Phi) is 6.41. The maximum atomic E-state index is 11.5. The molecule has 4 atom stereocenters. The lowest BCUT2D eigenvalue weighted by Crippen LogP contribution is -2.27. The second-order valence-electron chi connectivity index (χ2n) is 4.74. The normalized spacial score (nSPS) is 36.4. The molecule has 0 spiro atoms. The number of ether oxygens (including phenoxy) is 2. The summed E-state index contributed by atoms with van der Waals surface area (Å²) < 4.78 is 9.99. The Bertz CT molecular complexity index is 400. The third kappa shape index (κ3) is 5.99. The average molecular weight is 284 g/mol. The molecule has 0 fully saturated rings. The largest absolute Gasteiger partial charge is 0.460 e. The SMILES string of the molecule is CC1CCC(O)/C=C\C(=O)OC(C)C(O)/C=C/C(=O)O1. The third-order valence-corrected chi connectivity index (χ3v) is 2.85. The molecule has 0 aromatic carbocycles. The molecular formula is C14H20O6. The number of esters is 2. The first kappa shape index (κ1) is 16.4. The molecule has 0 aromatic rings. The van der Waals surface area contributed by atoms with E-state index < -0.39 is 30.3 Å². The first-order valence-electron chi connectivity index (χ1n) is 6.52. The van der Waals surface area contributed by atoms with E-state index >= 15 is 0 Å². The minimum atomic E-state index is -1.11. The molecule has 0 amide bonds. The van der Waals surface area contributed by atoms with Crippen molar-refractivity contribution < 1.29 is 29.3 Å². The van der Waals surface area contributed by atoms with Gasteiger partial charge in [-0.25, -0.2) is 9.59 Å². The van der Waals surface area contributed by atoms with Gasteiger partial charge in [0, 0.05) is 12.2 Å². The van der Waals surface area contributed by atoms with Crippen LogP contribution in [0.3, 0.4) is 0 Å². The first-order chi connectivity index (χ1) is 9.38. The second kappa shape index (κ2) is 7.81. The molecule has 0 saturated heterocycles. The molecule has 6 nitrogen and oxygen atoms in total. The molecule has 4 unspecified atom stereocenters. The van der Waals surface area contributed by atoms with E-state index in [9.17, 15) is 19.8 Å². The quantitative estimate of drug-likeness (QED) is 0.628. The maximum Gasteiger partial charge on any atom is 0.330 e. The number of hydrogen-bond acceptors (Lipinski definition) is 6. The van der Waals surface area contributed by atoms with Crippen molar-refractivity contribution in [2.75, 3.05) is 0 Å². The highest BCUT2D eigenvalue weighted by atomic mass is 16.6. The van der Waals surface area contributed by atoms with Crippen LogP contribution in [-0.4, -0.2) is 46.6 Å². The fraction of sp³-hybridized carbons (Fsp3) is 0.571. The van der Waals surface area contributed by atoms with E-state index in [1.54, 1.807) is 6.92 Å². The van der Waals surface area contributed by atoms with Gasteiger partial charge in [-0.2, -0.15) is 0 Å². The van der Waals surface area contributed by atoms with Crippen LogP contribution in [0.1, 0.15) is 26.7 Å². The van der Waals surface area contributed by atoms with Gasteiger partial charge in [0.2, 0.25) is 0 Å². The van der Waals surface area contributed by atoms with Crippen molar-refractivity contribution in [3.8, 4) is 0 Å². The van der Waals surface area contributed by atoms with Crippen molar-refractivity contribution in [1.29, 1.82) is 0 Å². The van der Waals surface area contributed by atoms with Gasteiger partial charge in [0.15, 0.2) is 0 Å². The fourth-order valence-corrected chi connectivity index (χ4v) is 1.61. The first-order valence-corrected chi connectivity index (χ1v) is 6.52. The van der Waals surface area contributed by atoms with Gasteiger partial charge >= 0.3 is 11.9 Å².